The van der Waals surface area contributed by atoms with E-state index in [4.69, 9.17) is 4.74 Å². The molecule has 1 atom stereocenters. The number of carbonyl (C=O) groups is 3. The molecule has 1 aliphatic heterocycles. The summed E-state index contributed by atoms with van der Waals surface area (Å²) >= 11 is 0. The number of hydrogen-bond donors (Lipinski definition) is 3. The number of ketones is 3. The van der Waals surface area contributed by atoms with Crippen LogP contribution in [0.25, 0.3) is 0 Å². The third-order valence-corrected chi connectivity index (χ3v) is 5.67. The molecule has 0 saturated heterocycles. The molecule has 11 heteroatoms. The van der Waals surface area contributed by atoms with E-state index in [-0.39, 0.29) is 33.9 Å². The summed E-state index contributed by atoms with van der Waals surface area (Å²) in [6.07, 6.45) is -3.06. The second-order valence-electron chi connectivity index (χ2n) is 7.80. The smallest absolute Gasteiger partial charge is 0.324 e. The molecule has 0 amide bonds. The molecule has 1 aromatic carbocycles. The Morgan fingerprint density at radius 3 is 2.34 bits per heavy atom. The maximum absolute atomic E-state index is 13.4. The van der Waals surface area contributed by atoms with Crippen LogP contribution in [0, 0.1) is 6.92 Å². The fraction of sp³-hybridized carbons (Fsp3) is 0.381. The molecule has 2 aliphatic rings. The van der Waals surface area contributed by atoms with Crippen LogP contribution in [0.2, 0.25) is 0 Å². The predicted octanol–water partition coefficient (Wildman–Crippen LogP) is 3.06. The normalized spacial score (nSPS) is 21.7. The molecule has 0 radical (unpaired) electrons. The second kappa shape index (κ2) is 7.35. The Morgan fingerprint density at radius 1 is 1.22 bits per heavy atom. The van der Waals surface area contributed by atoms with Crippen molar-refractivity contribution in [3.63, 3.8) is 0 Å². The highest BCUT2D eigenvalue weighted by Crippen LogP contribution is 2.57. The fourth-order valence-electron chi connectivity index (χ4n) is 3.78. The van der Waals surface area contributed by atoms with E-state index >= 15 is 0 Å². The Labute approximate surface area is 179 Å². The molecule has 1 heterocycles. The van der Waals surface area contributed by atoms with Crippen molar-refractivity contribution in [3.05, 3.63) is 39.8 Å². The lowest BCUT2D eigenvalue weighted by atomic mass is 9.70. The van der Waals surface area contributed by atoms with Gasteiger partial charge in [0.2, 0.25) is 0 Å². The van der Waals surface area contributed by atoms with E-state index in [1.54, 1.807) is 0 Å². The number of nitrogens with one attached hydrogen (secondary N) is 1. The van der Waals surface area contributed by atoms with Crippen LogP contribution in [-0.4, -0.2) is 46.5 Å². The summed E-state index contributed by atoms with van der Waals surface area (Å²) in [6, 6.07) is 0. The number of halogens is 4. The number of allylic oxidation sites excluding steroid dienone is 4. The van der Waals surface area contributed by atoms with Gasteiger partial charge in [-0.25, -0.2) is 8.78 Å². The number of rotatable bonds is 5. The Balaban J connectivity index is 2.18. The predicted molar refractivity (Wildman–Crippen MR) is 102 cm³/mol. The number of benzene rings is 1. The Bertz CT molecular complexity index is 1140. The molecule has 0 aromatic heterocycles. The van der Waals surface area contributed by atoms with Crippen LogP contribution >= 0.6 is 0 Å². The minimum absolute atomic E-state index is 0.110. The van der Waals surface area contributed by atoms with Crippen LogP contribution in [0.3, 0.4) is 0 Å². The molecule has 7 nitrogen and oxygen atoms in total. The molecule has 0 spiro atoms. The van der Waals surface area contributed by atoms with E-state index in [9.17, 15) is 42.2 Å². The van der Waals surface area contributed by atoms with Crippen LogP contribution in [0.5, 0.6) is 17.2 Å². The molecule has 32 heavy (non-hydrogen) atoms. The van der Waals surface area contributed by atoms with E-state index in [1.165, 1.54) is 13.8 Å². The first-order valence-corrected chi connectivity index (χ1v) is 9.36. The first-order chi connectivity index (χ1) is 14.7. The highest BCUT2D eigenvalue weighted by atomic mass is 19.3. The van der Waals surface area contributed by atoms with Gasteiger partial charge in [0.25, 0.3) is 0 Å². The standard InChI is InChI=1S/C21H19F4NO6/c1-7-15(29)13(9(3)27)17-14(16(7)30)20(4)11(32-17)5-10(28)12(18(20)31)8(2)26-6-21(24,25)19(22)23/h5,19,26,29-30H,6H2,1-4H3/b12-8+/t20-/m0/s1. The molecule has 3 N–H and O–H groups in total. The summed E-state index contributed by atoms with van der Waals surface area (Å²) in [5.41, 5.74) is -3.38. The van der Waals surface area contributed by atoms with Gasteiger partial charge in [0.15, 0.2) is 17.3 Å². The summed E-state index contributed by atoms with van der Waals surface area (Å²) in [5, 5.41) is 23.0. The van der Waals surface area contributed by atoms with E-state index in [0.29, 0.717) is 0 Å². The summed E-state index contributed by atoms with van der Waals surface area (Å²) in [4.78, 5) is 38.1. The minimum atomic E-state index is -4.40. The SMILES string of the molecule is CC(=O)c1c(O)c(C)c(O)c2c1OC1=CC(=O)/C(=C(/C)NCC(F)(F)C(F)F)C(=O)[C@@]12C. The molecule has 0 unspecified atom stereocenters. The van der Waals surface area contributed by atoms with Gasteiger partial charge in [-0.3, -0.25) is 14.4 Å². The highest BCUT2D eigenvalue weighted by molar-refractivity contribution is 6.31. The van der Waals surface area contributed by atoms with Gasteiger partial charge >= 0.3 is 12.3 Å². The molecule has 1 aliphatic carbocycles. The lowest BCUT2D eigenvalue weighted by Crippen LogP contribution is -2.43. The van der Waals surface area contributed by atoms with Gasteiger partial charge in [0.05, 0.1) is 17.7 Å². The first kappa shape index (κ1) is 23.3. The number of phenolic OH excluding ortho intramolecular Hbond substituents is 2. The van der Waals surface area contributed by atoms with Crippen molar-refractivity contribution in [1.29, 1.82) is 0 Å². The van der Waals surface area contributed by atoms with Crippen LogP contribution < -0.4 is 10.1 Å². The summed E-state index contributed by atoms with van der Waals surface area (Å²) in [6.45, 7) is 3.31. The largest absolute Gasteiger partial charge is 0.507 e. The number of aromatic hydroxyl groups is 2. The number of hydrogen-bond acceptors (Lipinski definition) is 7. The summed E-state index contributed by atoms with van der Waals surface area (Å²) in [7, 11) is 0. The summed E-state index contributed by atoms with van der Waals surface area (Å²) in [5.74, 6) is -8.58. The zero-order valence-corrected chi connectivity index (χ0v) is 17.4. The molecule has 0 bridgehead atoms. The lowest BCUT2D eigenvalue weighted by Gasteiger charge is -2.29. The fourth-order valence-corrected chi connectivity index (χ4v) is 3.78. The van der Waals surface area contributed by atoms with E-state index < -0.39 is 58.7 Å². The van der Waals surface area contributed by atoms with Crippen molar-refractivity contribution in [3.8, 4) is 17.2 Å². The minimum Gasteiger partial charge on any atom is -0.507 e. The maximum Gasteiger partial charge on any atom is 0.324 e. The lowest BCUT2D eigenvalue weighted by molar-refractivity contribution is -0.125. The van der Waals surface area contributed by atoms with E-state index in [1.807, 2.05) is 5.32 Å². The van der Waals surface area contributed by atoms with Gasteiger partial charge in [0.1, 0.15) is 34.0 Å². The van der Waals surface area contributed by atoms with E-state index in [2.05, 4.69) is 0 Å². The van der Waals surface area contributed by atoms with Gasteiger partial charge in [-0.2, -0.15) is 8.78 Å². The molecule has 172 valence electrons. The number of carbonyl (C=O) groups excluding carboxylic acids is 3. The Kier molecular flexibility index (Phi) is 5.35. The van der Waals surface area contributed by atoms with Crippen molar-refractivity contribution in [1.82, 2.24) is 5.32 Å². The maximum atomic E-state index is 13.4. The third-order valence-electron chi connectivity index (χ3n) is 5.67. The Morgan fingerprint density at radius 2 is 1.81 bits per heavy atom. The second-order valence-corrected chi connectivity index (χ2v) is 7.80. The summed E-state index contributed by atoms with van der Waals surface area (Å²) < 4.78 is 57.0. The van der Waals surface area contributed by atoms with Crippen LogP contribution in [-0.2, 0) is 15.0 Å². The Hall–Kier alpha value is -3.37. The first-order valence-electron chi connectivity index (χ1n) is 9.36. The molecule has 3 rings (SSSR count). The molecule has 0 saturated carbocycles. The number of ether oxygens (including phenoxy) is 1. The zero-order valence-electron chi connectivity index (χ0n) is 17.4. The van der Waals surface area contributed by atoms with Crippen LogP contribution in [0.15, 0.2) is 23.1 Å². The van der Waals surface area contributed by atoms with Gasteiger partial charge in [-0.1, -0.05) is 0 Å². The van der Waals surface area contributed by atoms with Gasteiger partial charge in [-0.15, -0.1) is 0 Å². The quantitative estimate of drug-likeness (QED) is 0.270. The highest BCUT2D eigenvalue weighted by Gasteiger charge is 2.56. The van der Waals surface area contributed by atoms with Crippen molar-refractivity contribution < 1.29 is 46.9 Å². The third kappa shape index (κ3) is 3.14. The number of fused-ring (bicyclic) bond motifs is 3. The molecular weight excluding hydrogens is 438 g/mol. The van der Waals surface area contributed by atoms with Crippen LogP contribution in [0.4, 0.5) is 17.6 Å². The van der Waals surface area contributed by atoms with Gasteiger partial charge in [-0.05, 0) is 27.7 Å². The molecule has 0 fully saturated rings. The van der Waals surface area contributed by atoms with Crippen molar-refractivity contribution in [2.75, 3.05) is 6.54 Å². The van der Waals surface area contributed by atoms with E-state index in [0.717, 1.165) is 19.9 Å². The molecule has 1 aromatic rings. The zero-order chi connectivity index (χ0) is 24.3. The number of alkyl halides is 4. The van der Waals surface area contributed by atoms with Gasteiger partial charge < -0.3 is 20.3 Å². The average Bonchev–Trinajstić information content (AvgIpc) is 2.97. The van der Waals surface area contributed by atoms with Crippen molar-refractivity contribution in [2.24, 2.45) is 0 Å². The van der Waals surface area contributed by atoms with Crippen molar-refractivity contribution >= 4 is 17.3 Å². The monoisotopic (exact) mass is 457 g/mol. The topological polar surface area (TPSA) is 113 Å². The van der Waals surface area contributed by atoms with Crippen LogP contribution in [0.1, 0.15) is 42.3 Å². The number of phenols is 2. The van der Waals surface area contributed by atoms with Crippen molar-refractivity contribution in [2.45, 2.75) is 45.5 Å². The van der Waals surface area contributed by atoms with Gasteiger partial charge in [0, 0.05) is 17.3 Å². The average molecular weight is 457 g/mol. The number of Topliss-reactive ketones (excluding diaryl/α,β-unsaturated/α-hetero) is 2. The molecular formula is C21H19F4NO6.